The number of rotatable bonds is 1. The quantitative estimate of drug-likeness (QED) is 0.278. The van der Waals surface area contributed by atoms with Gasteiger partial charge in [0, 0.05) is 22.2 Å². The third-order valence-corrected chi connectivity index (χ3v) is 6.32. The topological polar surface area (TPSA) is 71.7 Å². The maximum absolute atomic E-state index is 9.89. The maximum Gasteiger partial charge on any atom is 0.218 e. The molecule has 0 saturated heterocycles. The Morgan fingerprint density at radius 3 is 2.38 bits per heavy atom. The van der Waals surface area contributed by atoms with Gasteiger partial charge >= 0.3 is 0 Å². The zero-order valence-electron chi connectivity index (χ0n) is 16.5. The molecule has 0 spiro atoms. The first kappa shape index (κ1) is 17.6. The number of hydrogen-bond acceptors (Lipinski definition) is 4. The molecular formula is C26H14ClNO4. The zero-order chi connectivity index (χ0) is 21.6. The van der Waals surface area contributed by atoms with Crippen molar-refractivity contribution >= 4 is 66.3 Å². The molecule has 0 unspecified atom stereocenters. The monoisotopic (exact) mass is 439 g/mol. The van der Waals surface area contributed by atoms with Crippen LogP contribution in [0.4, 0.5) is 0 Å². The predicted octanol–water partition coefficient (Wildman–Crippen LogP) is 7.49. The van der Waals surface area contributed by atoms with Crippen LogP contribution in [0.5, 0.6) is 11.5 Å². The molecule has 4 aromatic carbocycles. The van der Waals surface area contributed by atoms with Crippen LogP contribution in [0.2, 0.25) is 5.22 Å². The van der Waals surface area contributed by atoms with Crippen molar-refractivity contribution in [1.82, 2.24) is 4.57 Å². The highest BCUT2D eigenvalue weighted by atomic mass is 35.5. The van der Waals surface area contributed by atoms with E-state index in [-0.39, 0.29) is 16.7 Å². The molecule has 32 heavy (non-hydrogen) atoms. The van der Waals surface area contributed by atoms with Crippen LogP contribution >= 0.6 is 11.6 Å². The molecule has 0 aliphatic rings. The summed E-state index contributed by atoms with van der Waals surface area (Å²) in [5.74, 6) is 0.318. The second-order valence-corrected chi connectivity index (χ2v) is 8.26. The average molecular weight is 440 g/mol. The standard InChI is InChI=1S/C26H14ClNO4/c27-25-24(18-8-7-16(30)12-22(18)31-25)28-20-4-2-1-3-17(20)23-19-10-13-5-6-15(29)9-14(13)11-21(19)32-26(23)28/h1-12,29-30H. The van der Waals surface area contributed by atoms with Crippen molar-refractivity contribution in [3.63, 3.8) is 0 Å². The lowest BCUT2D eigenvalue weighted by Gasteiger charge is -2.05. The normalized spacial score (nSPS) is 12.2. The zero-order valence-corrected chi connectivity index (χ0v) is 17.2. The number of aromatic nitrogens is 1. The Hall–Kier alpha value is -4.09. The molecule has 0 bridgehead atoms. The van der Waals surface area contributed by atoms with Crippen LogP contribution in [0.3, 0.4) is 0 Å². The fourth-order valence-corrected chi connectivity index (χ4v) is 4.96. The highest BCUT2D eigenvalue weighted by Gasteiger charge is 2.24. The Morgan fingerprint density at radius 2 is 1.47 bits per heavy atom. The van der Waals surface area contributed by atoms with E-state index in [1.54, 1.807) is 30.3 Å². The van der Waals surface area contributed by atoms with Gasteiger partial charge in [-0.2, -0.15) is 0 Å². The average Bonchev–Trinajstić information content (AvgIpc) is 3.39. The van der Waals surface area contributed by atoms with Gasteiger partial charge in [0.1, 0.15) is 28.4 Å². The first-order valence-corrected chi connectivity index (χ1v) is 10.5. The Bertz CT molecular complexity index is 1870. The van der Waals surface area contributed by atoms with E-state index in [2.05, 4.69) is 12.1 Å². The van der Waals surface area contributed by atoms with Crippen LogP contribution in [-0.2, 0) is 0 Å². The Balaban J connectivity index is 1.68. The molecule has 7 rings (SSSR count). The van der Waals surface area contributed by atoms with Crippen LogP contribution in [-0.4, -0.2) is 14.8 Å². The van der Waals surface area contributed by atoms with Gasteiger partial charge in [0.25, 0.3) is 0 Å². The summed E-state index contributed by atoms with van der Waals surface area (Å²) in [7, 11) is 0. The summed E-state index contributed by atoms with van der Waals surface area (Å²) in [5.41, 5.74) is 3.46. The Kier molecular flexibility index (Phi) is 3.29. The summed E-state index contributed by atoms with van der Waals surface area (Å²) in [6.45, 7) is 0. The van der Waals surface area contributed by atoms with Crippen molar-refractivity contribution in [2.24, 2.45) is 0 Å². The molecular weight excluding hydrogens is 426 g/mol. The summed E-state index contributed by atoms with van der Waals surface area (Å²) >= 11 is 6.58. The van der Waals surface area contributed by atoms with Crippen molar-refractivity contribution in [2.75, 3.05) is 0 Å². The Labute approximate surface area is 185 Å². The number of aromatic hydroxyl groups is 2. The summed E-state index contributed by atoms with van der Waals surface area (Å²) in [6, 6.07) is 22.3. The summed E-state index contributed by atoms with van der Waals surface area (Å²) < 4.78 is 14.1. The van der Waals surface area contributed by atoms with Gasteiger partial charge in [-0.3, -0.25) is 4.57 Å². The molecule has 0 amide bonds. The number of phenolic OH excluding ortho intramolecular Hbond substituents is 2. The van der Waals surface area contributed by atoms with Crippen LogP contribution in [0.1, 0.15) is 0 Å². The van der Waals surface area contributed by atoms with Gasteiger partial charge in [0.05, 0.1) is 10.9 Å². The predicted molar refractivity (Wildman–Crippen MR) is 126 cm³/mol. The fourth-order valence-electron chi connectivity index (χ4n) is 4.69. The summed E-state index contributed by atoms with van der Waals surface area (Å²) in [4.78, 5) is 0. The van der Waals surface area contributed by atoms with Crippen molar-refractivity contribution in [2.45, 2.75) is 0 Å². The Morgan fingerprint density at radius 1 is 0.688 bits per heavy atom. The van der Waals surface area contributed by atoms with Crippen LogP contribution < -0.4 is 0 Å². The second kappa shape index (κ2) is 5.99. The number of halogens is 1. The minimum absolute atomic E-state index is 0.107. The van der Waals surface area contributed by atoms with Gasteiger partial charge in [-0.15, -0.1) is 0 Å². The number of hydrogen-bond donors (Lipinski definition) is 2. The second-order valence-electron chi connectivity index (χ2n) is 7.92. The molecule has 3 aromatic heterocycles. The minimum Gasteiger partial charge on any atom is -0.508 e. The molecule has 0 aliphatic heterocycles. The molecule has 6 heteroatoms. The molecule has 0 atom stereocenters. The fraction of sp³-hybridized carbons (Fsp3) is 0. The summed E-state index contributed by atoms with van der Waals surface area (Å²) in [6.07, 6.45) is 0. The molecule has 2 N–H and O–H groups in total. The van der Waals surface area contributed by atoms with Gasteiger partial charge in [0.15, 0.2) is 0 Å². The molecule has 154 valence electrons. The number of benzene rings is 4. The summed E-state index contributed by atoms with van der Waals surface area (Å²) in [5, 5.41) is 25.6. The first-order chi connectivity index (χ1) is 15.6. The maximum atomic E-state index is 9.89. The lowest BCUT2D eigenvalue weighted by atomic mass is 10.1. The lowest BCUT2D eigenvalue weighted by molar-refractivity contribution is 0.474. The molecule has 0 fully saturated rings. The van der Waals surface area contributed by atoms with E-state index in [4.69, 9.17) is 20.4 Å². The highest BCUT2D eigenvalue weighted by Crippen LogP contribution is 2.44. The van der Waals surface area contributed by atoms with Crippen LogP contribution in [0.25, 0.3) is 60.4 Å². The van der Waals surface area contributed by atoms with E-state index >= 15 is 0 Å². The molecule has 0 aliphatic carbocycles. The van der Waals surface area contributed by atoms with E-state index in [0.717, 1.165) is 37.8 Å². The van der Waals surface area contributed by atoms with E-state index in [1.807, 2.05) is 34.9 Å². The number of fused-ring (bicyclic) bond motifs is 7. The molecule has 5 nitrogen and oxygen atoms in total. The van der Waals surface area contributed by atoms with Crippen molar-refractivity contribution in [3.05, 3.63) is 78.0 Å². The molecule has 0 saturated carbocycles. The number of nitrogens with zero attached hydrogens (tertiary/aromatic N) is 1. The third-order valence-electron chi connectivity index (χ3n) is 6.06. The van der Waals surface area contributed by atoms with Gasteiger partial charge in [0.2, 0.25) is 10.9 Å². The van der Waals surface area contributed by atoms with Crippen molar-refractivity contribution in [3.8, 4) is 17.2 Å². The third kappa shape index (κ3) is 2.23. The first-order valence-electron chi connectivity index (χ1n) is 10.1. The molecule has 0 radical (unpaired) electrons. The smallest absolute Gasteiger partial charge is 0.218 e. The molecule has 3 heterocycles. The van der Waals surface area contributed by atoms with Gasteiger partial charge in [-0.1, -0.05) is 24.3 Å². The lowest BCUT2D eigenvalue weighted by Crippen LogP contribution is -1.92. The number of furan rings is 2. The van der Waals surface area contributed by atoms with Crippen molar-refractivity contribution < 1.29 is 19.0 Å². The largest absolute Gasteiger partial charge is 0.508 e. The van der Waals surface area contributed by atoms with Gasteiger partial charge < -0.3 is 19.0 Å². The number of para-hydroxylation sites is 1. The SMILES string of the molecule is Oc1ccc2cc3c(cc2c1)oc1c3c2ccccc2n1-c1c(Cl)oc2cc(O)ccc12. The highest BCUT2D eigenvalue weighted by molar-refractivity contribution is 6.33. The van der Waals surface area contributed by atoms with Gasteiger partial charge in [-0.05, 0) is 64.8 Å². The van der Waals surface area contributed by atoms with Crippen LogP contribution in [0.15, 0.2) is 81.6 Å². The number of phenols is 2. The van der Waals surface area contributed by atoms with E-state index in [9.17, 15) is 10.2 Å². The van der Waals surface area contributed by atoms with E-state index in [1.165, 1.54) is 0 Å². The van der Waals surface area contributed by atoms with E-state index in [0.29, 0.717) is 22.6 Å². The van der Waals surface area contributed by atoms with Crippen LogP contribution in [0, 0.1) is 0 Å². The minimum atomic E-state index is 0.107. The van der Waals surface area contributed by atoms with E-state index < -0.39 is 0 Å². The molecule has 7 aromatic rings. The van der Waals surface area contributed by atoms with Crippen molar-refractivity contribution in [1.29, 1.82) is 0 Å². The van der Waals surface area contributed by atoms with Gasteiger partial charge in [-0.25, -0.2) is 0 Å².